The first kappa shape index (κ1) is 16.5. The predicted octanol–water partition coefficient (Wildman–Crippen LogP) is 2.79. The fourth-order valence-electron chi connectivity index (χ4n) is 4.85. The van der Waals surface area contributed by atoms with Crippen molar-refractivity contribution in [2.75, 3.05) is 18.4 Å². The molecule has 0 spiro atoms. The van der Waals surface area contributed by atoms with Crippen LogP contribution < -0.4 is 10.2 Å². The second kappa shape index (κ2) is 7.04. The Labute approximate surface area is 140 Å². The lowest BCUT2D eigenvalue weighted by molar-refractivity contribution is -0.928. The molecule has 2 aliphatic rings. The summed E-state index contributed by atoms with van der Waals surface area (Å²) in [7, 11) is 0. The Balaban J connectivity index is 1.65. The van der Waals surface area contributed by atoms with Gasteiger partial charge in [-0.25, -0.2) is 0 Å². The fourth-order valence-corrected chi connectivity index (χ4v) is 4.85. The number of rotatable bonds is 3. The predicted molar refractivity (Wildman–Crippen MR) is 95.0 cm³/mol. The Bertz CT molecular complexity index is 556. The Morgan fingerprint density at radius 3 is 2.48 bits per heavy atom. The average molecular weight is 315 g/mol. The number of carbonyl (C=O) groups excluding carboxylic acids is 1. The van der Waals surface area contributed by atoms with Gasteiger partial charge in [0.15, 0.2) is 6.54 Å². The molecule has 2 N–H and O–H groups in total. The topological polar surface area (TPSA) is 33.5 Å². The van der Waals surface area contributed by atoms with E-state index in [0.29, 0.717) is 6.54 Å². The molecule has 0 bridgehead atoms. The third-order valence-corrected chi connectivity index (χ3v) is 5.84. The van der Waals surface area contributed by atoms with Crippen molar-refractivity contribution in [3.05, 3.63) is 28.8 Å². The van der Waals surface area contributed by atoms with Crippen molar-refractivity contribution in [3.63, 3.8) is 0 Å². The Morgan fingerprint density at radius 1 is 1.09 bits per heavy atom. The lowest BCUT2D eigenvalue weighted by Crippen LogP contribution is -3.18. The van der Waals surface area contributed by atoms with Crippen LogP contribution in [0.3, 0.4) is 0 Å². The Kier molecular flexibility index (Phi) is 5.05. The highest BCUT2D eigenvalue weighted by Gasteiger charge is 2.37. The summed E-state index contributed by atoms with van der Waals surface area (Å²) in [5.41, 5.74) is 4.60. The van der Waals surface area contributed by atoms with Gasteiger partial charge in [-0.1, -0.05) is 24.1 Å². The minimum atomic E-state index is 0.182. The van der Waals surface area contributed by atoms with Crippen LogP contribution >= 0.6 is 0 Å². The molecule has 1 saturated heterocycles. The molecule has 1 heterocycles. The monoisotopic (exact) mass is 315 g/mol. The van der Waals surface area contributed by atoms with Gasteiger partial charge in [-0.3, -0.25) is 4.79 Å². The van der Waals surface area contributed by atoms with Gasteiger partial charge in [0, 0.05) is 11.6 Å². The summed E-state index contributed by atoms with van der Waals surface area (Å²) in [6.45, 7) is 8.07. The summed E-state index contributed by atoms with van der Waals surface area (Å²) in [6.07, 6.45) is 8.10. The molecular weight excluding hydrogens is 284 g/mol. The molecular formula is C20H31N2O+. The van der Waals surface area contributed by atoms with Crippen LogP contribution in [0.25, 0.3) is 0 Å². The Morgan fingerprint density at radius 2 is 1.74 bits per heavy atom. The number of fused-ring (bicyclic) bond motifs is 1. The summed E-state index contributed by atoms with van der Waals surface area (Å²) >= 11 is 0. The normalized spacial score (nSPS) is 27.3. The third-order valence-electron chi connectivity index (χ3n) is 5.84. The number of piperidine rings is 1. The zero-order valence-corrected chi connectivity index (χ0v) is 14.9. The van der Waals surface area contributed by atoms with Gasteiger partial charge < -0.3 is 10.2 Å². The first-order valence-corrected chi connectivity index (χ1v) is 9.27. The number of nitrogens with one attached hydrogen (secondary N) is 2. The molecule has 126 valence electrons. The van der Waals surface area contributed by atoms with Crippen molar-refractivity contribution in [2.45, 2.75) is 65.3 Å². The highest BCUT2D eigenvalue weighted by atomic mass is 16.2. The summed E-state index contributed by atoms with van der Waals surface area (Å²) in [5.74, 6) is 1.05. The quantitative estimate of drug-likeness (QED) is 0.883. The number of carbonyl (C=O) groups is 1. The van der Waals surface area contributed by atoms with Gasteiger partial charge >= 0.3 is 0 Å². The summed E-state index contributed by atoms with van der Waals surface area (Å²) in [4.78, 5) is 14.1. The molecule has 3 rings (SSSR count). The van der Waals surface area contributed by atoms with Crippen molar-refractivity contribution in [3.8, 4) is 0 Å². The van der Waals surface area contributed by atoms with E-state index in [4.69, 9.17) is 0 Å². The smallest absolute Gasteiger partial charge is 0.279 e. The van der Waals surface area contributed by atoms with E-state index in [1.54, 1.807) is 0 Å². The minimum absolute atomic E-state index is 0.182. The van der Waals surface area contributed by atoms with Gasteiger partial charge in [0.05, 0.1) is 12.6 Å². The number of likely N-dealkylation sites (tertiary alicyclic amines) is 1. The lowest BCUT2D eigenvalue weighted by Gasteiger charge is -2.40. The van der Waals surface area contributed by atoms with Gasteiger partial charge in [-0.15, -0.1) is 0 Å². The van der Waals surface area contributed by atoms with Gasteiger partial charge in [0.1, 0.15) is 0 Å². The molecule has 1 aromatic rings. The third kappa shape index (κ3) is 3.77. The highest BCUT2D eigenvalue weighted by Crippen LogP contribution is 2.28. The second-order valence-electron chi connectivity index (χ2n) is 7.70. The van der Waals surface area contributed by atoms with E-state index in [2.05, 4.69) is 38.2 Å². The number of benzene rings is 1. The molecule has 1 amide bonds. The molecule has 1 unspecified atom stereocenters. The van der Waals surface area contributed by atoms with Crippen molar-refractivity contribution in [1.82, 2.24) is 0 Å². The van der Waals surface area contributed by atoms with Crippen LogP contribution in [0, 0.1) is 26.7 Å². The van der Waals surface area contributed by atoms with Crippen molar-refractivity contribution in [1.29, 1.82) is 0 Å². The number of amides is 1. The zero-order chi connectivity index (χ0) is 16.4. The van der Waals surface area contributed by atoms with E-state index in [-0.39, 0.29) is 5.91 Å². The van der Waals surface area contributed by atoms with Gasteiger partial charge in [0.2, 0.25) is 0 Å². The molecule has 0 aromatic heterocycles. The fraction of sp³-hybridized carbons (Fsp3) is 0.650. The minimum Gasteiger partial charge on any atom is -0.324 e. The van der Waals surface area contributed by atoms with Crippen LogP contribution in [-0.2, 0) is 4.79 Å². The molecule has 1 aliphatic heterocycles. The molecule has 1 saturated carbocycles. The largest absolute Gasteiger partial charge is 0.324 e. The maximum absolute atomic E-state index is 12.6. The number of hydrogen-bond acceptors (Lipinski definition) is 1. The van der Waals surface area contributed by atoms with Gasteiger partial charge in [-0.2, -0.15) is 0 Å². The molecule has 1 aromatic carbocycles. The van der Waals surface area contributed by atoms with Gasteiger partial charge in [-0.05, 0) is 64.0 Å². The Hall–Kier alpha value is -1.35. The maximum Gasteiger partial charge on any atom is 0.279 e. The van der Waals surface area contributed by atoms with Crippen molar-refractivity contribution >= 4 is 11.6 Å². The van der Waals surface area contributed by atoms with Crippen LogP contribution in [-0.4, -0.2) is 25.0 Å². The van der Waals surface area contributed by atoms with Crippen LogP contribution in [0.1, 0.15) is 55.2 Å². The van der Waals surface area contributed by atoms with Gasteiger partial charge in [0.25, 0.3) is 5.91 Å². The maximum atomic E-state index is 12.6. The number of quaternary nitrogens is 1. The number of aryl methyl sites for hydroxylation is 3. The van der Waals surface area contributed by atoms with Crippen LogP contribution in [0.2, 0.25) is 0 Å². The molecule has 3 atom stereocenters. The van der Waals surface area contributed by atoms with Crippen LogP contribution in [0.5, 0.6) is 0 Å². The molecule has 0 radical (unpaired) electrons. The first-order chi connectivity index (χ1) is 11.0. The highest BCUT2D eigenvalue weighted by molar-refractivity contribution is 5.93. The summed E-state index contributed by atoms with van der Waals surface area (Å²) in [6, 6.07) is 5.02. The number of anilines is 1. The molecule has 1 aliphatic carbocycles. The molecule has 23 heavy (non-hydrogen) atoms. The van der Waals surface area contributed by atoms with Crippen LogP contribution in [0.15, 0.2) is 12.1 Å². The zero-order valence-electron chi connectivity index (χ0n) is 14.9. The van der Waals surface area contributed by atoms with Crippen molar-refractivity contribution < 1.29 is 9.69 Å². The van der Waals surface area contributed by atoms with E-state index in [1.165, 1.54) is 66.7 Å². The van der Waals surface area contributed by atoms with E-state index >= 15 is 0 Å². The SMILES string of the molecule is Cc1cc(C)c(NC(=O)C[NH+]2CCC[C@H]3CCCC[C@@H]32)c(C)c1. The molecule has 3 nitrogen and oxygen atoms in total. The molecule has 3 heteroatoms. The summed E-state index contributed by atoms with van der Waals surface area (Å²) in [5, 5.41) is 3.19. The average Bonchev–Trinajstić information content (AvgIpc) is 2.51. The van der Waals surface area contributed by atoms with Crippen LogP contribution in [0.4, 0.5) is 5.69 Å². The standard InChI is InChI=1S/C20H30N2O/c1-14-11-15(2)20(16(3)12-14)21-19(23)13-22-10-6-8-17-7-4-5-9-18(17)22/h11-12,17-18H,4-10,13H2,1-3H3,(H,21,23)/p+1/t17-,18+/m1/s1. The first-order valence-electron chi connectivity index (χ1n) is 9.27. The molecule has 2 fully saturated rings. The lowest BCUT2D eigenvalue weighted by atomic mass is 9.78. The second-order valence-corrected chi connectivity index (χ2v) is 7.70. The van der Waals surface area contributed by atoms with Crippen molar-refractivity contribution in [2.24, 2.45) is 5.92 Å². The van der Waals surface area contributed by atoms with E-state index in [9.17, 15) is 4.79 Å². The number of hydrogen-bond donors (Lipinski definition) is 2. The van der Waals surface area contributed by atoms with E-state index in [0.717, 1.165) is 17.6 Å². The van der Waals surface area contributed by atoms with E-state index < -0.39 is 0 Å². The van der Waals surface area contributed by atoms with E-state index in [1.807, 2.05) is 0 Å². The summed E-state index contributed by atoms with van der Waals surface area (Å²) < 4.78 is 0.